The molecular formula is C20H33ClN2O. The number of benzene rings is 1. The van der Waals surface area contributed by atoms with Crippen molar-refractivity contribution in [3.63, 3.8) is 0 Å². The van der Waals surface area contributed by atoms with Crippen LogP contribution in [0.1, 0.15) is 51.5 Å². The average molecular weight is 353 g/mol. The Labute approximate surface area is 153 Å². The molecule has 24 heavy (non-hydrogen) atoms. The van der Waals surface area contributed by atoms with Crippen molar-refractivity contribution in [2.75, 3.05) is 26.2 Å². The van der Waals surface area contributed by atoms with Crippen LogP contribution in [-0.2, 0) is 4.79 Å². The summed E-state index contributed by atoms with van der Waals surface area (Å²) in [4.78, 5) is 14.8. The van der Waals surface area contributed by atoms with Gasteiger partial charge in [-0.3, -0.25) is 4.79 Å². The zero-order valence-electron chi connectivity index (χ0n) is 15.3. The van der Waals surface area contributed by atoms with E-state index < -0.39 is 0 Å². The molecule has 1 unspecified atom stereocenters. The molecule has 0 saturated carbocycles. The first kappa shape index (κ1) is 21.0. The molecule has 1 aromatic rings. The number of hydrogen-bond donors (Lipinski definition) is 1. The third-order valence-corrected chi connectivity index (χ3v) is 5.08. The van der Waals surface area contributed by atoms with Crippen molar-refractivity contribution in [2.45, 2.75) is 46.0 Å². The molecule has 1 amide bonds. The second-order valence-corrected chi connectivity index (χ2v) is 7.10. The zero-order valence-corrected chi connectivity index (χ0v) is 16.1. The van der Waals surface area contributed by atoms with Crippen molar-refractivity contribution in [1.29, 1.82) is 0 Å². The number of rotatable bonds is 7. The van der Waals surface area contributed by atoms with Crippen LogP contribution in [0.5, 0.6) is 0 Å². The summed E-state index contributed by atoms with van der Waals surface area (Å²) in [7, 11) is 0. The zero-order chi connectivity index (χ0) is 16.7. The molecule has 136 valence electrons. The maximum absolute atomic E-state index is 12.7. The lowest BCUT2D eigenvalue weighted by Crippen LogP contribution is -2.41. The van der Waals surface area contributed by atoms with Gasteiger partial charge in [-0.25, -0.2) is 0 Å². The van der Waals surface area contributed by atoms with E-state index in [1.807, 2.05) is 6.07 Å². The molecular weight excluding hydrogens is 320 g/mol. The summed E-state index contributed by atoms with van der Waals surface area (Å²) in [6, 6.07) is 10.5. The SMILES string of the molecule is CCNCC1CCN(C(=O)CC(c2ccccc2)C(C)C)CC1.Cl. The van der Waals surface area contributed by atoms with Gasteiger partial charge in [0.1, 0.15) is 0 Å². The maximum atomic E-state index is 12.7. The van der Waals surface area contributed by atoms with Crippen LogP contribution >= 0.6 is 12.4 Å². The number of amides is 1. The number of likely N-dealkylation sites (tertiary alicyclic amines) is 1. The Morgan fingerprint density at radius 1 is 1.21 bits per heavy atom. The lowest BCUT2D eigenvalue weighted by atomic mass is 9.85. The van der Waals surface area contributed by atoms with Crippen LogP contribution in [0.15, 0.2) is 30.3 Å². The van der Waals surface area contributed by atoms with Crippen LogP contribution in [0.25, 0.3) is 0 Å². The molecule has 0 radical (unpaired) electrons. The summed E-state index contributed by atoms with van der Waals surface area (Å²) in [5, 5.41) is 3.43. The molecule has 2 rings (SSSR count). The van der Waals surface area contributed by atoms with Gasteiger partial charge < -0.3 is 10.2 Å². The van der Waals surface area contributed by atoms with Crippen LogP contribution in [0.3, 0.4) is 0 Å². The Kier molecular flexibility index (Phi) is 9.38. The molecule has 1 atom stereocenters. The number of carbonyl (C=O) groups is 1. The molecule has 1 aliphatic heterocycles. The molecule has 1 aromatic carbocycles. The minimum Gasteiger partial charge on any atom is -0.343 e. The number of nitrogens with one attached hydrogen (secondary N) is 1. The van der Waals surface area contributed by atoms with Crippen LogP contribution in [-0.4, -0.2) is 37.0 Å². The van der Waals surface area contributed by atoms with Gasteiger partial charge in [-0.1, -0.05) is 51.1 Å². The van der Waals surface area contributed by atoms with Crippen LogP contribution in [0, 0.1) is 11.8 Å². The fourth-order valence-corrected chi connectivity index (χ4v) is 3.49. The topological polar surface area (TPSA) is 32.3 Å². The summed E-state index contributed by atoms with van der Waals surface area (Å²) in [5.41, 5.74) is 1.29. The first-order chi connectivity index (χ1) is 11.1. The molecule has 1 heterocycles. The van der Waals surface area contributed by atoms with Crippen LogP contribution in [0.4, 0.5) is 0 Å². The van der Waals surface area contributed by atoms with Gasteiger partial charge in [0.25, 0.3) is 0 Å². The Morgan fingerprint density at radius 3 is 2.38 bits per heavy atom. The Morgan fingerprint density at radius 2 is 1.83 bits per heavy atom. The molecule has 1 aliphatic rings. The summed E-state index contributed by atoms with van der Waals surface area (Å²) < 4.78 is 0. The molecule has 0 spiro atoms. The first-order valence-corrected chi connectivity index (χ1v) is 9.15. The van der Waals surface area contributed by atoms with E-state index in [2.05, 4.69) is 55.3 Å². The van der Waals surface area contributed by atoms with Gasteiger partial charge in [-0.05, 0) is 49.2 Å². The maximum Gasteiger partial charge on any atom is 0.223 e. The fraction of sp³-hybridized carbons (Fsp3) is 0.650. The largest absolute Gasteiger partial charge is 0.343 e. The first-order valence-electron chi connectivity index (χ1n) is 9.15. The van der Waals surface area contributed by atoms with E-state index in [4.69, 9.17) is 0 Å². The van der Waals surface area contributed by atoms with E-state index in [0.717, 1.165) is 44.9 Å². The minimum absolute atomic E-state index is 0. The van der Waals surface area contributed by atoms with E-state index in [9.17, 15) is 4.79 Å². The molecule has 1 fully saturated rings. The van der Waals surface area contributed by atoms with Gasteiger partial charge >= 0.3 is 0 Å². The number of halogens is 1. The highest BCUT2D eigenvalue weighted by atomic mass is 35.5. The van der Waals surface area contributed by atoms with Crippen molar-refractivity contribution in [3.05, 3.63) is 35.9 Å². The molecule has 0 bridgehead atoms. The van der Waals surface area contributed by atoms with Gasteiger partial charge in [0.05, 0.1) is 0 Å². The predicted octanol–water partition coefficient (Wildman–Crippen LogP) is 4.09. The van der Waals surface area contributed by atoms with Gasteiger partial charge in [-0.2, -0.15) is 0 Å². The van der Waals surface area contributed by atoms with E-state index >= 15 is 0 Å². The molecule has 3 nitrogen and oxygen atoms in total. The Balaban J connectivity index is 0.00000288. The quantitative estimate of drug-likeness (QED) is 0.801. The second-order valence-electron chi connectivity index (χ2n) is 7.10. The predicted molar refractivity (Wildman–Crippen MR) is 104 cm³/mol. The summed E-state index contributed by atoms with van der Waals surface area (Å²) >= 11 is 0. The van der Waals surface area contributed by atoms with Crippen molar-refractivity contribution in [2.24, 2.45) is 11.8 Å². The molecule has 1 saturated heterocycles. The fourth-order valence-electron chi connectivity index (χ4n) is 3.49. The van der Waals surface area contributed by atoms with E-state index in [1.54, 1.807) is 0 Å². The average Bonchev–Trinajstić information content (AvgIpc) is 2.58. The van der Waals surface area contributed by atoms with E-state index in [0.29, 0.717) is 24.2 Å². The highest BCUT2D eigenvalue weighted by Gasteiger charge is 2.26. The monoisotopic (exact) mass is 352 g/mol. The van der Waals surface area contributed by atoms with Crippen molar-refractivity contribution in [1.82, 2.24) is 10.2 Å². The van der Waals surface area contributed by atoms with Crippen molar-refractivity contribution in [3.8, 4) is 0 Å². The second kappa shape index (κ2) is 10.7. The number of hydrogen-bond acceptors (Lipinski definition) is 2. The molecule has 1 N–H and O–H groups in total. The highest BCUT2D eigenvalue weighted by Crippen LogP contribution is 2.29. The summed E-state index contributed by atoms with van der Waals surface area (Å²) in [6.07, 6.45) is 2.91. The molecule has 0 aliphatic carbocycles. The number of nitrogens with zero attached hydrogens (tertiary/aromatic N) is 1. The van der Waals surface area contributed by atoms with Gasteiger partial charge in [0.15, 0.2) is 0 Å². The van der Waals surface area contributed by atoms with Gasteiger partial charge in [0, 0.05) is 19.5 Å². The molecule has 0 aromatic heterocycles. The highest BCUT2D eigenvalue weighted by molar-refractivity contribution is 5.85. The lowest BCUT2D eigenvalue weighted by molar-refractivity contribution is -0.133. The van der Waals surface area contributed by atoms with Gasteiger partial charge in [-0.15, -0.1) is 12.4 Å². The summed E-state index contributed by atoms with van der Waals surface area (Å²) in [5.74, 6) is 1.86. The van der Waals surface area contributed by atoms with Crippen molar-refractivity contribution >= 4 is 18.3 Å². The third kappa shape index (κ3) is 6.10. The van der Waals surface area contributed by atoms with Crippen LogP contribution in [0.2, 0.25) is 0 Å². The Hall–Kier alpha value is -1.06. The number of piperidine rings is 1. The minimum atomic E-state index is 0. The number of carbonyl (C=O) groups excluding carboxylic acids is 1. The third-order valence-electron chi connectivity index (χ3n) is 5.08. The van der Waals surface area contributed by atoms with E-state index in [-0.39, 0.29) is 12.4 Å². The van der Waals surface area contributed by atoms with Gasteiger partial charge in [0.2, 0.25) is 5.91 Å². The van der Waals surface area contributed by atoms with E-state index in [1.165, 1.54) is 5.56 Å². The normalized spacial score (nSPS) is 16.8. The lowest BCUT2D eigenvalue weighted by Gasteiger charge is -2.33. The smallest absolute Gasteiger partial charge is 0.223 e. The summed E-state index contributed by atoms with van der Waals surface area (Å²) in [6.45, 7) is 10.6. The van der Waals surface area contributed by atoms with Crippen LogP contribution < -0.4 is 5.32 Å². The van der Waals surface area contributed by atoms with Crippen molar-refractivity contribution < 1.29 is 4.79 Å². The molecule has 4 heteroatoms. The standard InChI is InChI=1S/C20H32N2O.ClH/c1-4-21-15-17-10-12-22(13-11-17)20(23)14-19(16(2)3)18-8-6-5-7-9-18;/h5-9,16-17,19,21H,4,10-15H2,1-3H3;1H. The Bertz CT molecular complexity index is 470.